The molecule has 0 spiro atoms. The molecule has 2 aromatic carbocycles. The molecule has 0 bridgehead atoms. The van der Waals surface area contributed by atoms with Gasteiger partial charge in [0.05, 0.1) is 10.6 Å². The van der Waals surface area contributed by atoms with E-state index in [1.807, 2.05) is 18.2 Å². The van der Waals surface area contributed by atoms with Crippen molar-refractivity contribution in [3.63, 3.8) is 0 Å². The Morgan fingerprint density at radius 1 is 1.15 bits per heavy atom. The summed E-state index contributed by atoms with van der Waals surface area (Å²) in [4.78, 5) is 30.3. The lowest BCUT2D eigenvalue weighted by Gasteiger charge is -2.33. The molecule has 9 heteroatoms. The summed E-state index contributed by atoms with van der Waals surface area (Å²) in [6, 6.07) is 9.82. The molecular formula is C24H28BrFN4O3. The van der Waals surface area contributed by atoms with Crippen molar-refractivity contribution in [3.8, 4) is 0 Å². The maximum Gasteiger partial charge on any atom is 0.322 e. The highest BCUT2D eigenvalue weighted by Gasteiger charge is 2.50. The number of methoxy groups -OCH3 is 1. The maximum absolute atomic E-state index is 13.9. The molecular weight excluding hydrogens is 491 g/mol. The molecule has 3 amide bonds. The van der Waals surface area contributed by atoms with Crippen LogP contribution >= 0.6 is 15.9 Å². The molecule has 7 nitrogen and oxygen atoms in total. The molecule has 2 N–H and O–H groups in total. The molecule has 176 valence electrons. The number of carbonyl (C=O) groups excluding carboxylic acids is 2. The van der Waals surface area contributed by atoms with E-state index in [0.29, 0.717) is 22.3 Å². The second-order valence-corrected chi connectivity index (χ2v) is 9.79. The molecule has 0 aromatic heterocycles. The largest absolute Gasteiger partial charge is 0.380 e. The van der Waals surface area contributed by atoms with Crippen LogP contribution in [-0.2, 0) is 22.5 Å². The quantitative estimate of drug-likeness (QED) is 0.635. The highest BCUT2D eigenvalue weighted by Crippen LogP contribution is 2.33. The minimum absolute atomic E-state index is 0.252. The third-order valence-electron chi connectivity index (χ3n) is 6.51. The number of likely N-dealkylation sites (N-methyl/N-ethyl adjacent to an activating group) is 1. The van der Waals surface area contributed by atoms with E-state index in [1.165, 1.54) is 28.2 Å². The summed E-state index contributed by atoms with van der Waals surface area (Å²) in [7, 11) is 3.66. The molecule has 2 aliphatic rings. The second-order valence-electron chi connectivity index (χ2n) is 8.93. The number of amides is 3. The number of hydrogen-bond donors (Lipinski definition) is 2. The Kier molecular flexibility index (Phi) is 6.74. The molecule has 2 aromatic rings. The van der Waals surface area contributed by atoms with Crippen LogP contribution in [0.5, 0.6) is 0 Å². The van der Waals surface area contributed by atoms with Gasteiger partial charge in [-0.25, -0.2) is 9.18 Å². The second kappa shape index (κ2) is 9.40. The highest BCUT2D eigenvalue weighted by molar-refractivity contribution is 9.10. The Balaban J connectivity index is 1.52. The van der Waals surface area contributed by atoms with E-state index in [1.54, 1.807) is 20.1 Å². The first-order valence-corrected chi connectivity index (χ1v) is 11.7. The number of anilines is 2. The van der Waals surface area contributed by atoms with Gasteiger partial charge in [-0.05, 0) is 77.8 Å². The van der Waals surface area contributed by atoms with Crippen molar-refractivity contribution in [1.82, 2.24) is 9.80 Å². The van der Waals surface area contributed by atoms with Crippen LogP contribution in [0, 0.1) is 5.82 Å². The van der Waals surface area contributed by atoms with Gasteiger partial charge in [0.15, 0.2) is 0 Å². The number of ether oxygens (including phenoxy) is 1. The molecule has 2 aliphatic heterocycles. The molecule has 0 radical (unpaired) electrons. The van der Waals surface area contributed by atoms with Gasteiger partial charge in [0, 0.05) is 44.5 Å². The van der Waals surface area contributed by atoms with Crippen molar-refractivity contribution in [2.75, 3.05) is 37.9 Å². The summed E-state index contributed by atoms with van der Waals surface area (Å²) >= 11 is 3.10. The Morgan fingerprint density at radius 3 is 2.61 bits per heavy atom. The minimum atomic E-state index is -1.13. The molecule has 4 rings (SSSR count). The first kappa shape index (κ1) is 23.7. The number of halogens is 2. The van der Waals surface area contributed by atoms with Crippen LogP contribution in [0.4, 0.5) is 20.6 Å². The van der Waals surface area contributed by atoms with Crippen LogP contribution in [-0.4, -0.2) is 60.6 Å². The summed E-state index contributed by atoms with van der Waals surface area (Å²) in [5.41, 5.74) is 2.37. The van der Waals surface area contributed by atoms with Gasteiger partial charge in [0.1, 0.15) is 11.4 Å². The Hall–Kier alpha value is -2.49. The molecule has 1 saturated heterocycles. The van der Waals surface area contributed by atoms with Crippen LogP contribution in [0.15, 0.2) is 40.9 Å². The number of carbonyl (C=O) groups is 2. The Labute approximate surface area is 201 Å². The first-order chi connectivity index (χ1) is 15.7. The van der Waals surface area contributed by atoms with E-state index >= 15 is 0 Å². The SMILES string of the molecule is CO[C@H]1CN(C(=O)Nc2ccc(Br)c(F)c2)[C@@](C)(C(=O)Nc2ccc3c(c2)CCN(C)C3)C1. The number of likely N-dealkylation sites (tertiary alicyclic amines) is 1. The number of urea groups is 1. The number of nitrogens with one attached hydrogen (secondary N) is 2. The average molecular weight is 519 g/mol. The predicted octanol–water partition coefficient (Wildman–Crippen LogP) is 4.23. The number of hydrogen-bond acceptors (Lipinski definition) is 4. The van der Waals surface area contributed by atoms with E-state index in [2.05, 4.69) is 38.5 Å². The Morgan fingerprint density at radius 2 is 1.88 bits per heavy atom. The fourth-order valence-electron chi connectivity index (χ4n) is 4.51. The molecule has 0 unspecified atom stereocenters. The van der Waals surface area contributed by atoms with Gasteiger partial charge >= 0.3 is 6.03 Å². The summed E-state index contributed by atoms with van der Waals surface area (Å²) < 4.78 is 19.7. The van der Waals surface area contributed by atoms with Crippen molar-refractivity contribution in [1.29, 1.82) is 0 Å². The zero-order chi connectivity index (χ0) is 23.8. The zero-order valence-electron chi connectivity index (χ0n) is 19.0. The van der Waals surface area contributed by atoms with Crippen molar-refractivity contribution >= 4 is 39.2 Å². The third kappa shape index (κ3) is 4.90. The monoisotopic (exact) mass is 518 g/mol. The summed E-state index contributed by atoms with van der Waals surface area (Å²) in [5.74, 6) is -0.768. The third-order valence-corrected chi connectivity index (χ3v) is 7.16. The molecule has 0 aliphatic carbocycles. The number of nitrogens with zero attached hydrogens (tertiary/aromatic N) is 2. The summed E-state index contributed by atoms with van der Waals surface area (Å²) in [5, 5.41) is 5.70. The van der Waals surface area contributed by atoms with Gasteiger partial charge in [-0.1, -0.05) is 6.07 Å². The number of rotatable bonds is 4. The average Bonchev–Trinajstić information content (AvgIpc) is 3.14. The van der Waals surface area contributed by atoms with Gasteiger partial charge in [-0.2, -0.15) is 0 Å². The number of fused-ring (bicyclic) bond motifs is 1. The van der Waals surface area contributed by atoms with Gasteiger partial charge < -0.3 is 25.2 Å². The molecule has 0 saturated carbocycles. The van der Waals surface area contributed by atoms with E-state index < -0.39 is 17.4 Å². The zero-order valence-corrected chi connectivity index (χ0v) is 20.5. The lowest BCUT2D eigenvalue weighted by molar-refractivity contribution is -0.124. The van der Waals surface area contributed by atoms with Crippen molar-refractivity contribution < 1.29 is 18.7 Å². The van der Waals surface area contributed by atoms with Crippen molar-refractivity contribution in [2.24, 2.45) is 0 Å². The van der Waals surface area contributed by atoms with Crippen LogP contribution in [0.3, 0.4) is 0 Å². The Bertz CT molecular complexity index is 1080. The van der Waals surface area contributed by atoms with Gasteiger partial charge in [-0.3, -0.25) is 4.79 Å². The normalized spacial score (nSPS) is 22.7. The topological polar surface area (TPSA) is 73.9 Å². The molecule has 2 heterocycles. The first-order valence-electron chi connectivity index (χ1n) is 10.9. The lowest BCUT2D eigenvalue weighted by atomic mass is 9.96. The smallest absolute Gasteiger partial charge is 0.322 e. The lowest BCUT2D eigenvalue weighted by Crippen LogP contribution is -2.54. The predicted molar refractivity (Wildman–Crippen MR) is 129 cm³/mol. The van der Waals surface area contributed by atoms with E-state index in [9.17, 15) is 14.0 Å². The van der Waals surface area contributed by atoms with Crippen molar-refractivity contribution in [3.05, 3.63) is 57.8 Å². The van der Waals surface area contributed by atoms with Crippen LogP contribution in [0.1, 0.15) is 24.5 Å². The van der Waals surface area contributed by atoms with Gasteiger partial charge in [0.2, 0.25) is 5.91 Å². The molecule has 33 heavy (non-hydrogen) atoms. The van der Waals surface area contributed by atoms with Gasteiger partial charge in [-0.15, -0.1) is 0 Å². The fraction of sp³-hybridized carbons (Fsp3) is 0.417. The number of benzene rings is 2. The molecule has 2 atom stereocenters. The van der Waals surface area contributed by atoms with E-state index in [4.69, 9.17) is 4.74 Å². The van der Waals surface area contributed by atoms with E-state index in [0.717, 1.165) is 19.5 Å². The summed E-state index contributed by atoms with van der Waals surface area (Å²) in [6.45, 7) is 3.85. The van der Waals surface area contributed by atoms with Crippen LogP contribution in [0.2, 0.25) is 0 Å². The minimum Gasteiger partial charge on any atom is -0.380 e. The molecule has 1 fully saturated rings. The maximum atomic E-state index is 13.9. The standard InChI is InChI=1S/C24H28BrFN4O3/c1-24(22(31)27-17-5-4-16-13-29(2)9-8-15(16)10-17)12-19(33-3)14-30(24)23(32)28-18-6-7-20(25)21(26)11-18/h4-7,10-11,19H,8-9,12-14H2,1-3H3,(H,27,31)(H,28,32)/t19-,24-/m1/s1. The van der Waals surface area contributed by atoms with Crippen LogP contribution < -0.4 is 10.6 Å². The van der Waals surface area contributed by atoms with Gasteiger partial charge in [0.25, 0.3) is 0 Å². The summed E-state index contributed by atoms with van der Waals surface area (Å²) in [6.07, 6.45) is 0.997. The van der Waals surface area contributed by atoms with E-state index in [-0.39, 0.29) is 18.6 Å². The van der Waals surface area contributed by atoms with Crippen LogP contribution in [0.25, 0.3) is 0 Å². The fourth-order valence-corrected chi connectivity index (χ4v) is 4.75. The highest BCUT2D eigenvalue weighted by atomic mass is 79.9. The van der Waals surface area contributed by atoms with Crippen molar-refractivity contribution in [2.45, 2.75) is 38.0 Å².